The Morgan fingerprint density at radius 2 is 1.77 bits per heavy atom. The van der Waals surface area contributed by atoms with Gasteiger partial charge in [-0.15, -0.1) is 0 Å². The van der Waals surface area contributed by atoms with Crippen LogP contribution in [0.3, 0.4) is 0 Å². The summed E-state index contributed by atoms with van der Waals surface area (Å²) in [5.74, 6) is -0.535. The van der Waals surface area contributed by atoms with Crippen molar-refractivity contribution in [2.75, 3.05) is 26.2 Å². The number of carbonyl (C=O) groups excluding carboxylic acids is 2. The maximum atomic E-state index is 12.2. The molecule has 1 aromatic carbocycles. The van der Waals surface area contributed by atoms with Gasteiger partial charge in [0, 0.05) is 20.0 Å². The predicted octanol–water partition coefficient (Wildman–Crippen LogP) is 1.62. The summed E-state index contributed by atoms with van der Waals surface area (Å²) in [6.45, 7) is 8.80. The molecule has 0 saturated heterocycles. The van der Waals surface area contributed by atoms with Gasteiger partial charge in [0.2, 0.25) is 5.91 Å². The molecular formula is C17H25N3O2. The van der Waals surface area contributed by atoms with Crippen molar-refractivity contribution >= 4 is 17.9 Å². The van der Waals surface area contributed by atoms with E-state index >= 15 is 0 Å². The van der Waals surface area contributed by atoms with Gasteiger partial charge in [0.25, 0.3) is 5.91 Å². The smallest absolute Gasteiger partial charge is 0.267 e. The third-order valence-electron chi connectivity index (χ3n) is 3.27. The van der Waals surface area contributed by atoms with Crippen LogP contribution in [0.15, 0.2) is 36.0 Å². The summed E-state index contributed by atoms with van der Waals surface area (Å²) in [5.41, 5.74) is 1.13. The molecular weight excluding hydrogens is 278 g/mol. The monoisotopic (exact) mass is 303 g/mol. The highest BCUT2D eigenvalue weighted by Crippen LogP contribution is 2.05. The second-order valence-corrected chi connectivity index (χ2v) is 4.93. The minimum atomic E-state index is -0.272. The molecule has 1 aromatic rings. The van der Waals surface area contributed by atoms with Crippen molar-refractivity contribution < 1.29 is 9.59 Å². The summed E-state index contributed by atoms with van der Waals surface area (Å²) < 4.78 is 0. The first-order valence-electron chi connectivity index (χ1n) is 7.61. The maximum absolute atomic E-state index is 12.2. The van der Waals surface area contributed by atoms with Crippen LogP contribution in [0.4, 0.5) is 0 Å². The summed E-state index contributed by atoms with van der Waals surface area (Å²) in [6.07, 6.45) is 1.67. The Morgan fingerprint density at radius 1 is 1.14 bits per heavy atom. The molecule has 0 aliphatic heterocycles. The zero-order valence-corrected chi connectivity index (χ0v) is 13.6. The minimum absolute atomic E-state index is 0.262. The lowest BCUT2D eigenvalue weighted by Crippen LogP contribution is -2.38. The maximum Gasteiger partial charge on any atom is 0.267 e. The van der Waals surface area contributed by atoms with Gasteiger partial charge in [0.15, 0.2) is 0 Å². The van der Waals surface area contributed by atoms with E-state index in [-0.39, 0.29) is 17.5 Å². The van der Waals surface area contributed by atoms with Crippen LogP contribution in [0.1, 0.15) is 26.3 Å². The minimum Gasteiger partial charge on any atom is -0.349 e. The van der Waals surface area contributed by atoms with E-state index in [2.05, 4.69) is 29.4 Å². The lowest BCUT2D eigenvalue weighted by molar-refractivity contribution is -0.122. The fourth-order valence-corrected chi connectivity index (χ4v) is 2.03. The van der Waals surface area contributed by atoms with E-state index < -0.39 is 0 Å². The Morgan fingerprint density at radius 3 is 2.32 bits per heavy atom. The van der Waals surface area contributed by atoms with Gasteiger partial charge in [-0.25, -0.2) is 0 Å². The van der Waals surface area contributed by atoms with Crippen LogP contribution in [-0.2, 0) is 9.59 Å². The summed E-state index contributed by atoms with van der Waals surface area (Å²) in [4.78, 5) is 25.7. The molecule has 2 N–H and O–H groups in total. The molecule has 0 unspecified atom stereocenters. The molecule has 2 amide bonds. The van der Waals surface area contributed by atoms with Crippen LogP contribution >= 0.6 is 0 Å². The summed E-state index contributed by atoms with van der Waals surface area (Å²) in [7, 11) is 0. The molecule has 0 fully saturated rings. The Kier molecular flexibility index (Phi) is 7.92. The highest BCUT2D eigenvalue weighted by molar-refractivity contribution is 6.00. The summed E-state index contributed by atoms with van der Waals surface area (Å²) in [6, 6.07) is 9.43. The number of benzene rings is 1. The number of likely N-dealkylation sites (N-methyl/N-ethyl adjacent to an activating group) is 1. The lowest BCUT2D eigenvalue weighted by Gasteiger charge is -2.18. The average Bonchev–Trinajstić information content (AvgIpc) is 2.51. The first-order chi connectivity index (χ1) is 10.6. The van der Waals surface area contributed by atoms with Crippen molar-refractivity contribution in [3.63, 3.8) is 0 Å². The fourth-order valence-electron chi connectivity index (χ4n) is 2.03. The normalized spacial score (nSPS) is 11.4. The second kappa shape index (κ2) is 9.73. The molecule has 120 valence electrons. The molecule has 22 heavy (non-hydrogen) atoms. The molecule has 0 aromatic heterocycles. The predicted molar refractivity (Wildman–Crippen MR) is 89.0 cm³/mol. The van der Waals surface area contributed by atoms with Crippen LogP contribution < -0.4 is 10.6 Å². The highest BCUT2D eigenvalue weighted by Gasteiger charge is 2.11. The molecule has 0 aliphatic carbocycles. The van der Waals surface area contributed by atoms with Crippen molar-refractivity contribution in [3.8, 4) is 0 Å². The zero-order valence-electron chi connectivity index (χ0n) is 13.6. The van der Waals surface area contributed by atoms with Crippen molar-refractivity contribution in [1.82, 2.24) is 15.5 Å². The molecule has 0 bridgehead atoms. The van der Waals surface area contributed by atoms with Gasteiger partial charge in [-0.05, 0) is 24.7 Å². The second-order valence-electron chi connectivity index (χ2n) is 4.93. The molecule has 0 spiro atoms. The third-order valence-corrected chi connectivity index (χ3v) is 3.27. The van der Waals surface area contributed by atoms with E-state index in [0.29, 0.717) is 6.54 Å². The van der Waals surface area contributed by atoms with E-state index in [1.165, 1.54) is 6.92 Å². The number of carbonyl (C=O) groups is 2. The van der Waals surface area contributed by atoms with Gasteiger partial charge in [-0.1, -0.05) is 44.2 Å². The lowest BCUT2D eigenvalue weighted by atomic mass is 10.2. The number of amides is 2. The SMILES string of the molecule is CCN(CC)CCNC(=O)C(=Cc1ccccc1)NC(C)=O. The zero-order chi connectivity index (χ0) is 16.4. The molecule has 0 aliphatic rings. The molecule has 5 nitrogen and oxygen atoms in total. The number of nitrogens with one attached hydrogen (secondary N) is 2. The topological polar surface area (TPSA) is 61.4 Å². The quantitative estimate of drug-likeness (QED) is 0.718. The van der Waals surface area contributed by atoms with Gasteiger partial charge < -0.3 is 15.5 Å². The van der Waals surface area contributed by atoms with Gasteiger partial charge in [0.1, 0.15) is 5.70 Å². The Hall–Kier alpha value is -2.14. The highest BCUT2D eigenvalue weighted by atomic mass is 16.2. The Balaban J connectivity index is 2.69. The van der Waals surface area contributed by atoms with E-state index in [1.54, 1.807) is 6.08 Å². The van der Waals surface area contributed by atoms with Crippen molar-refractivity contribution in [2.24, 2.45) is 0 Å². The van der Waals surface area contributed by atoms with Crippen molar-refractivity contribution in [3.05, 3.63) is 41.6 Å². The van der Waals surface area contributed by atoms with E-state index in [1.807, 2.05) is 30.3 Å². The standard InChI is InChI=1S/C17H25N3O2/c1-4-20(5-2)12-11-18-17(22)16(19-14(3)21)13-15-9-7-6-8-10-15/h6-10,13H,4-5,11-12H2,1-3H3,(H,18,22)(H,19,21). The summed E-state index contributed by atoms with van der Waals surface area (Å²) in [5, 5.41) is 5.43. The van der Waals surface area contributed by atoms with Gasteiger partial charge in [-0.3, -0.25) is 9.59 Å². The molecule has 0 saturated carbocycles. The Labute approximate surface area is 132 Å². The van der Waals surface area contributed by atoms with Crippen LogP contribution in [0.2, 0.25) is 0 Å². The van der Waals surface area contributed by atoms with Gasteiger partial charge in [-0.2, -0.15) is 0 Å². The molecule has 0 radical (unpaired) electrons. The third kappa shape index (κ3) is 6.54. The number of hydrogen-bond donors (Lipinski definition) is 2. The van der Waals surface area contributed by atoms with Crippen LogP contribution in [0.25, 0.3) is 6.08 Å². The average molecular weight is 303 g/mol. The van der Waals surface area contributed by atoms with Crippen molar-refractivity contribution in [2.45, 2.75) is 20.8 Å². The summed E-state index contributed by atoms with van der Waals surface area (Å²) >= 11 is 0. The molecule has 5 heteroatoms. The largest absolute Gasteiger partial charge is 0.349 e. The molecule has 0 atom stereocenters. The Bertz CT molecular complexity index is 508. The van der Waals surface area contributed by atoms with Gasteiger partial charge >= 0.3 is 0 Å². The van der Waals surface area contributed by atoms with Crippen LogP contribution in [0.5, 0.6) is 0 Å². The molecule has 0 heterocycles. The first kappa shape index (κ1) is 17.9. The molecule has 1 rings (SSSR count). The number of nitrogens with zero attached hydrogens (tertiary/aromatic N) is 1. The fraction of sp³-hybridized carbons (Fsp3) is 0.412. The van der Waals surface area contributed by atoms with Gasteiger partial charge in [0.05, 0.1) is 0 Å². The van der Waals surface area contributed by atoms with Crippen LogP contribution in [0, 0.1) is 0 Å². The van der Waals surface area contributed by atoms with E-state index in [0.717, 1.165) is 25.2 Å². The first-order valence-corrected chi connectivity index (χ1v) is 7.61. The van der Waals surface area contributed by atoms with E-state index in [9.17, 15) is 9.59 Å². The number of rotatable bonds is 8. The van der Waals surface area contributed by atoms with E-state index in [4.69, 9.17) is 0 Å². The van der Waals surface area contributed by atoms with Crippen LogP contribution in [-0.4, -0.2) is 42.9 Å². The number of hydrogen-bond acceptors (Lipinski definition) is 3. The van der Waals surface area contributed by atoms with Crippen molar-refractivity contribution in [1.29, 1.82) is 0 Å².